The van der Waals surface area contributed by atoms with Crippen LogP contribution in [0.3, 0.4) is 0 Å². The predicted molar refractivity (Wildman–Crippen MR) is 113 cm³/mol. The molecule has 2 aromatic carbocycles. The quantitative estimate of drug-likeness (QED) is 0.611. The maximum atomic E-state index is 12.3. The number of para-hydroxylation sites is 1. The lowest BCUT2D eigenvalue weighted by molar-refractivity contribution is -0.115. The van der Waals surface area contributed by atoms with Crippen LogP contribution in [0.5, 0.6) is 0 Å². The van der Waals surface area contributed by atoms with Gasteiger partial charge in [-0.3, -0.25) is 4.79 Å². The van der Waals surface area contributed by atoms with Gasteiger partial charge < -0.3 is 9.88 Å². The lowest BCUT2D eigenvalue weighted by Gasteiger charge is -2.04. The largest absolute Gasteiger partial charge is 0.321 e. The third-order valence-corrected chi connectivity index (χ3v) is 5.20. The minimum Gasteiger partial charge on any atom is -0.321 e. The van der Waals surface area contributed by atoms with Crippen molar-refractivity contribution in [2.24, 2.45) is 4.99 Å². The number of aryl methyl sites for hydroxylation is 1. The summed E-state index contributed by atoms with van der Waals surface area (Å²) in [5.41, 5.74) is 3.87. The molecule has 1 aliphatic rings. The number of carbonyl (C=O) groups is 1. The molecule has 1 fully saturated rings. The number of aromatic nitrogens is 1. The summed E-state index contributed by atoms with van der Waals surface area (Å²) in [6.07, 6.45) is 3.91. The molecule has 27 heavy (non-hydrogen) atoms. The molecule has 1 aromatic heterocycles. The van der Waals surface area contributed by atoms with Crippen LogP contribution in [-0.2, 0) is 4.79 Å². The van der Waals surface area contributed by atoms with Crippen molar-refractivity contribution < 1.29 is 4.79 Å². The van der Waals surface area contributed by atoms with E-state index in [0.717, 1.165) is 16.9 Å². The molecular formula is C21H16ClN3OS. The number of rotatable bonds is 3. The fraction of sp³-hybridized carbons (Fsp3) is 0.0476. The van der Waals surface area contributed by atoms with E-state index in [-0.39, 0.29) is 5.91 Å². The van der Waals surface area contributed by atoms with E-state index < -0.39 is 0 Å². The SMILES string of the molecule is Cc1cc(/C=C2/SC(=Nc3cccc(Cl)c3)NC2=O)cn1-c1ccccc1. The van der Waals surface area contributed by atoms with Gasteiger partial charge in [0.05, 0.1) is 10.6 Å². The predicted octanol–water partition coefficient (Wildman–Crippen LogP) is 5.33. The molecule has 0 unspecified atom stereocenters. The molecule has 6 heteroatoms. The Bertz CT molecular complexity index is 1070. The average Bonchev–Trinajstić information content (AvgIpc) is 3.18. The number of nitrogens with one attached hydrogen (secondary N) is 1. The smallest absolute Gasteiger partial charge is 0.264 e. The van der Waals surface area contributed by atoms with Crippen LogP contribution in [0, 0.1) is 6.92 Å². The molecule has 0 saturated carbocycles. The lowest BCUT2D eigenvalue weighted by atomic mass is 10.3. The molecule has 0 spiro atoms. The number of halogens is 1. The molecule has 4 rings (SSSR count). The minimum absolute atomic E-state index is 0.147. The number of hydrogen-bond acceptors (Lipinski definition) is 3. The fourth-order valence-electron chi connectivity index (χ4n) is 2.84. The zero-order valence-corrected chi connectivity index (χ0v) is 16.1. The van der Waals surface area contributed by atoms with Gasteiger partial charge in [-0.2, -0.15) is 0 Å². The van der Waals surface area contributed by atoms with Crippen molar-refractivity contribution in [3.63, 3.8) is 0 Å². The van der Waals surface area contributed by atoms with Crippen LogP contribution in [0.4, 0.5) is 5.69 Å². The van der Waals surface area contributed by atoms with Crippen LogP contribution in [0.25, 0.3) is 11.8 Å². The number of thioether (sulfide) groups is 1. The number of aliphatic imine (C=N–C) groups is 1. The van der Waals surface area contributed by atoms with Gasteiger partial charge >= 0.3 is 0 Å². The zero-order valence-electron chi connectivity index (χ0n) is 14.5. The van der Waals surface area contributed by atoms with Crippen molar-refractivity contribution >= 4 is 46.2 Å². The molecule has 0 atom stereocenters. The molecule has 1 N–H and O–H groups in total. The summed E-state index contributed by atoms with van der Waals surface area (Å²) in [6, 6.07) is 19.4. The highest BCUT2D eigenvalue weighted by atomic mass is 35.5. The molecular weight excluding hydrogens is 378 g/mol. The van der Waals surface area contributed by atoms with Gasteiger partial charge in [0.15, 0.2) is 5.17 Å². The standard InChI is InChI=1S/C21H16ClN3OS/c1-14-10-15(13-25(14)18-8-3-2-4-9-18)11-19-20(26)24-21(27-19)23-17-7-5-6-16(22)12-17/h2-13H,1H3,(H,23,24,26)/b19-11+. The van der Waals surface area contributed by atoms with E-state index in [0.29, 0.717) is 20.8 Å². The molecule has 1 aliphatic heterocycles. The third-order valence-electron chi connectivity index (χ3n) is 4.06. The fourth-order valence-corrected chi connectivity index (χ4v) is 3.87. The summed E-state index contributed by atoms with van der Waals surface area (Å²) >= 11 is 7.31. The van der Waals surface area contributed by atoms with Gasteiger partial charge in [-0.15, -0.1) is 0 Å². The Balaban J connectivity index is 1.59. The van der Waals surface area contributed by atoms with Crippen LogP contribution < -0.4 is 5.32 Å². The van der Waals surface area contributed by atoms with E-state index in [4.69, 9.17) is 11.6 Å². The van der Waals surface area contributed by atoms with Crippen LogP contribution >= 0.6 is 23.4 Å². The van der Waals surface area contributed by atoms with Crippen molar-refractivity contribution in [2.45, 2.75) is 6.92 Å². The normalized spacial score (nSPS) is 16.9. The first kappa shape index (κ1) is 17.6. The third kappa shape index (κ3) is 3.99. The maximum absolute atomic E-state index is 12.3. The molecule has 2 heterocycles. The summed E-state index contributed by atoms with van der Waals surface area (Å²) in [5.74, 6) is -0.147. The maximum Gasteiger partial charge on any atom is 0.264 e. The number of carbonyl (C=O) groups excluding carboxylic acids is 1. The highest BCUT2D eigenvalue weighted by Crippen LogP contribution is 2.29. The Morgan fingerprint density at radius 2 is 1.93 bits per heavy atom. The molecule has 0 radical (unpaired) electrons. The van der Waals surface area contributed by atoms with Crippen LogP contribution in [0.15, 0.2) is 76.8 Å². The van der Waals surface area contributed by atoms with Gasteiger partial charge in [0, 0.05) is 22.6 Å². The monoisotopic (exact) mass is 393 g/mol. The highest BCUT2D eigenvalue weighted by Gasteiger charge is 2.24. The summed E-state index contributed by atoms with van der Waals surface area (Å²) in [6.45, 7) is 2.04. The molecule has 3 aromatic rings. The topological polar surface area (TPSA) is 46.4 Å². The van der Waals surface area contributed by atoms with Crippen molar-refractivity contribution in [2.75, 3.05) is 0 Å². The van der Waals surface area contributed by atoms with E-state index in [2.05, 4.69) is 33.1 Å². The summed E-state index contributed by atoms with van der Waals surface area (Å²) in [5, 5.41) is 3.96. The van der Waals surface area contributed by atoms with Crippen LogP contribution in [-0.4, -0.2) is 15.6 Å². The molecule has 1 amide bonds. The van der Waals surface area contributed by atoms with Gasteiger partial charge in [0.1, 0.15) is 0 Å². The molecule has 0 aliphatic carbocycles. The van der Waals surface area contributed by atoms with E-state index in [1.165, 1.54) is 11.8 Å². The van der Waals surface area contributed by atoms with Gasteiger partial charge in [0.2, 0.25) is 0 Å². The van der Waals surface area contributed by atoms with Crippen LogP contribution in [0.2, 0.25) is 5.02 Å². The number of amidine groups is 1. The van der Waals surface area contributed by atoms with E-state index in [9.17, 15) is 4.79 Å². The Kier molecular flexibility index (Phi) is 4.88. The average molecular weight is 394 g/mol. The van der Waals surface area contributed by atoms with E-state index in [1.54, 1.807) is 12.1 Å². The lowest BCUT2D eigenvalue weighted by Crippen LogP contribution is -2.19. The van der Waals surface area contributed by atoms with Crippen molar-refractivity contribution in [3.8, 4) is 5.69 Å². The second-order valence-corrected chi connectivity index (χ2v) is 7.55. The second-order valence-electron chi connectivity index (χ2n) is 6.08. The molecule has 4 nitrogen and oxygen atoms in total. The van der Waals surface area contributed by atoms with E-state index in [1.807, 2.05) is 49.5 Å². The highest BCUT2D eigenvalue weighted by molar-refractivity contribution is 8.18. The number of nitrogens with zero attached hydrogens (tertiary/aromatic N) is 2. The summed E-state index contributed by atoms with van der Waals surface area (Å²) in [4.78, 5) is 17.4. The zero-order chi connectivity index (χ0) is 18.8. The first-order valence-corrected chi connectivity index (χ1v) is 9.57. The number of hydrogen-bond donors (Lipinski definition) is 1. The minimum atomic E-state index is -0.147. The number of amides is 1. The number of benzene rings is 2. The van der Waals surface area contributed by atoms with Gasteiger partial charge in [-0.25, -0.2) is 4.99 Å². The molecule has 1 saturated heterocycles. The van der Waals surface area contributed by atoms with E-state index >= 15 is 0 Å². The Labute approximate surface area is 166 Å². The summed E-state index contributed by atoms with van der Waals surface area (Å²) < 4.78 is 2.10. The van der Waals surface area contributed by atoms with Gasteiger partial charge in [0.25, 0.3) is 5.91 Å². The first-order chi connectivity index (χ1) is 13.1. The van der Waals surface area contributed by atoms with Gasteiger partial charge in [-0.05, 0) is 66.7 Å². The van der Waals surface area contributed by atoms with Crippen molar-refractivity contribution in [1.82, 2.24) is 9.88 Å². The first-order valence-electron chi connectivity index (χ1n) is 8.38. The molecule has 0 bridgehead atoms. The van der Waals surface area contributed by atoms with Crippen molar-refractivity contribution in [3.05, 3.63) is 88.0 Å². The van der Waals surface area contributed by atoms with Gasteiger partial charge in [-0.1, -0.05) is 35.9 Å². The van der Waals surface area contributed by atoms with Crippen LogP contribution in [0.1, 0.15) is 11.3 Å². The Hall–Kier alpha value is -2.76. The Morgan fingerprint density at radius 1 is 1.11 bits per heavy atom. The summed E-state index contributed by atoms with van der Waals surface area (Å²) in [7, 11) is 0. The van der Waals surface area contributed by atoms with Crippen molar-refractivity contribution in [1.29, 1.82) is 0 Å². The molecule has 134 valence electrons. The second kappa shape index (κ2) is 7.47. The Morgan fingerprint density at radius 3 is 2.70 bits per heavy atom.